The normalized spacial score (nSPS) is 12.8. The van der Waals surface area contributed by atoms with Gasteiger partial charge in [0.1, 0.15) is 0 Å². The van der Waals surface area contributed by atoms with Crippen molar-refractivity contribution in [3.8, 4) is 0 Å². The SMILES string of the molecule is Cc1cnc(SC(C)CO)cc1N. The number of anilines is 1. The summed E-state index contributed by atoms with van der Waals surface area (Å²) in [4.78, 5) is 4.20. The minimum Gasteiger partial charge on any atom is -0.398 e. The number of thioether (sulfide) groups is 1. The number of hydrogen-bond acceptors (Lipinski definition) is 4. The van der Waals surface area contributed by atoms with Crippen LogP contribution in [0.2, 0.25) is 0 Å². The van der Waals surface area contributed by atoms with Crippen LogP contribution in [0.3, 0.4) is 0 Å². The molecule has 0 bridgehead atoms. The van der Waals surface area contributed by atoms with E-state index in [4.69, 9.17) is 10.8 Å². The van der Waals surface area contributed by atoms with Crippen LogP contribution in [0.1, 0.15) is 12.5 Å². The molecule has 1 atom stereocenters. The van der Waals surface area contributed by atoms with E-state index in [0.29, 0.717) is 0 Å². The smallest absolute Gasteiger partial charge is 0.0983 e. The van der Waals surface area contributed by atoms with Crippen molar-refractivity contribution in [1.82, 2.24) is 4.98 Å². The monoisotopic (exact) mass is 198 g/mol. The van der Waals surface area contributed by atoms with Gasteiger partial charge < -0.3 is 10.8 Å². The number of nitrogens with zero attached hydrogens (tertiary/aromatic N) is 1. The van der Waals surface area contributed by atoms with Gasteiger partial charge in [-0.05, 0) is 18.6 Å². The Hall–Kier alpha value is -0.740. The number of nitrogens with two attached hydrogens (primary N) is 1. The third-order valence-electron chi connectivity index (χ3n) is 1.70. The molecule has 0 aliphatic rings. The van der Waals surface area contributed by atoms with Crippen molar-refractivity contribution in [2.24, 2.45) is 0 Å². The molecule has 3 N–H and O–H groups in total. The number of aromatic nitrogens is 1. The molecule has 1 unspecified atom stereocenters. The van der Waals surface area contributed by atoms with Crippen LogP contribution in [0.4, 0.5) is 5.69 Å². The summed E-state index contributed by atoms with van der Waals surface area (Å²) in [6.07, 6.45) is 1.75. The molecule has 0 saturated heterocycles. The van der Waals surface area contributed by atoms with Gasteiger partial charge in [0.2, 0.25) is 0 Å². The highest BCUT2D eigenvalue weighted by atomic mass is 32.2. The second-order valence-electron chi connectivity index (χ2n) is 2.99. The number of hydrogen-bond donors (Lipinski definition) is 2. The first-order chi connectivity index (χ1) is 6.13. The quantitative estimate of drug-likeness (QED) is 0.722. The Morgan fingerprint density at radius 2 is 2.38 bits per heavy atom. The minimum atomic E-state index is 0.153. The first-order valence-corrected chi connectivity index (χ1v) is 5.01. The summed E-state index contributed by atoms with van der Waals surface area (Å²) in [5, 5.41) is 9.87. The van der Waals surface area contributed by atoms with Gasteiger partial charge in [0.05, 0.1) is 11.6 Å². The standard InChI is InChI=1S/C9H14N2OS/c1-6-4-11-9(3-8(6)10)13-7(2)5-12/h3-4,7,12H,5H2,1-2H3,(H2,10,11). The van der Waals surface area contributed by atoms with Crippen LogP contribution in [0, 0.1) is 6.92 Å². The van der Waals surface area contributed by atoms with Crippen molar-refractivity contribution in [3.63, 3.8) is 0 Å². The predicted molar refractivity (Wildman–Crippen MR) is 55.8 cm³/mol. The molecule has 13 heavy (non-hydrogen) atoms. The molecule has 1 rings (SSSR count). The van der Waals surface area contributed by atoms with E-state index in [1.54, 1.807) is 6.20 Å². The summed E-state index contributed by atoms with van der Waals surface area (Å²) in [5.41, 5.74) is 7.46. The molecule has 3 nitrogen and oxygen atoms in total. The van der Waals surface area contributed by atoms with Gasteiger partial charge in [-0.3, -0.25) is 0 Å². The largest absolute Gasteiger partial charge is 0.398 e. The number of nitrogen functional groups attached to an aromatic ring is 1. The highest BCUT2D eigenvalue weighted by molar-refractivity contribution is 7.99. The van der Waals surface area contributed by atoms with Gasteiger partial charge in [0, 0.05) is 17.1 Å². The molecule has 1 heterocycles. The topological polar surface area (TPSA) is 59.1 Å². The van der Waals surface area contributed by atoms with E-state index in [1.807, 2.05) is 19.9 Å². The van der Waals surface area contributed by atoms with E-state index in [0.717, 1.165) is 16.3 Å². The maximum Gasteiger partial charge on any atom is 0.0983 e. The summed E-state index contributed by atoms with van der Waals surface area (Å²) >= 11 is 1.53. The summed E-state index contributed by atoms with van der Waals surface area (Å²) < 4.78 is 0. The Morgan fingerprint density at radius 3 is 2.92 bits per heavy atom. The lowest BCUT2D eigenvalue weighted by Crippen LogP contribution is -2.02. The van der Waals surface area contributed by atoms with E-state index >= 15 is 0 Å². The summed E-state index contributed by atoms with van der Waals surface area (Å²) in [5.74, 6) is 0. The van der Waals surface area contributed by atoms with E-state index in [9.17, 15) is 0 Å². The zero-order chi connectivity index (χ0) is 9.84. The molecule has 1 aromatic rings. The van der Waals surface area contributed by atoms with Crippen LogP contribution < -0.4 is 5.73 Å². The fraction of sp³-hybridized carbons (Fsp3) is 0.444. The molecule has 4 heteroatoms. The van der Waals surface area contributed by atoms with Gasteiger partial charge in [-0.1, -0.05) is 6.92 Å². The summed E-state index contributed by atoms with van der Waals surface area (Å²) in [6, 6.07) is 1.84. The van der Waals surface area contributed by atoms with Gasteiger partial charge in [0.25, 0.3) is 0 Å². The molecule has 0 fully saturated rings. The Kier molecular flexibility index (Phi) is 3.57. The first-order valence-electron chi connectivity index (χ1n) is 4.13. The predicted octanol–water partition coefficient (Wildman–Crippen LogP) is 1.45. The first kappa shape index (κ1) is 10.3. The van der Waals surface area contributed by atoms with Gasteiger partial charge in [-0.15, -0.1) is 11.8 Å². The van der Waals surface area contributed by atoms with E-state index in [2.05, 4.69) is 4.98 Å². The second kappa shape index (κ2) is 4.48. The molecule has 72 valence electrons. The number of pyridine rings is 1. The van der Waals surface area contributed by atoms with Crippen molar-refractivity contribution in [2.75, 3.05) is 12.3 Å². The third kappa shape index (κ3) is 2.90. The maximum atomic E-state index is 8.84. The molecular formula is C9H14N2OS. The summed E-state index contributed by atoms with van der Waals surface area (Å²) in [6.45, 7) is 4.02. The van der Waals surface area contributed by atoms with Gasteiger partial charge in [-0.25, -0.2) is 4.98 Å². The van der Waals surface area contributed by atoms with Crippen LogP contribution >= 0.6 is 11.8 Å². The molecule has 0 radical (unpaired) electrons. The zero-order valence-corrected chi connectivity index (χ0v) is 8.64. The van der Waals surface area contributed by atoms with Crippen LogP contribution in [0.15, 0.2) is 17.3 Å². The Balaban J connectivity index is 2.73. The minimum absolute atomic E-state index is 0.153. The van der Waals surface area contributed by atoms with Gasteiger partial charge in [-0.2, -0.15) is 0 Å². The van der Waals surface area contributed by atoms with Gasteiger partial charge in [0.15, 0.2) is 0 Å². The summed E-state index contributed by atoms with van der Waals surface area (Å²) in [7, 11) is 0. The van der Waals surface area contributed by atoms with Crippen LogP contribution in [-0.4, -0.2) is 21.9 Å². The molecule has 0 amide bonds. The van der Waals surface area contributed by atoms with Crippen LogP contribution in [-0.2, 0) is 0 Å². The number of aliphatic hydroxyl groups is 1. The fourth-order valence-electron chi connectivity index (χ4n) is 0.827. The van der Waals surface area contributed by atoms with E-state index in [1.165, 1.54) is 11.8 Å². The van der Waals surface area contributed by atoms with Crippen molar-refractivity contribution in [3.05, 3.63) is 17.8 Å². The van der Waals surface area contributed by atoms with Crippen molar-refractivity contribution >= 4 is 17.4 Å². The lowest BCUT2D eigenvalue weighted by atomic mass is 10.3. The number of rotatable bonds is 3. The highest BCUT2D eigenvalue weighted by Gasteiger charge is 2.04. The highest BCUT2D eigenvalue weighted by Crippen LogP contribution is 2.23. The average Bonchev–Trinajstić information content (AvgIpc) is 2.11. The Labute approximate surface area is 82.4 Å². The molecule has 0 aliphatic heterocycles. The lowest BCUT2D eigenvalue weighted by molar-refractivity contribution is 0.300. The number of aryl methyl sites for hydroxylation is 1. The Bertz CT molecular complexity index is 291. The average molecular weight is 198 g/mol. The maximum absolute atomic E-state index is 8.84. The molecule has 0 aromatic carbocycles. The molecule has 0 spiro atoms. The lowest BCUT2D eigenvalue weighted by Gasteiger charge is -2.07. The third-order valence-corrected chi connectivity index (χ3v) is 2.71. The molecular weight excluding hydrogens is 184 g/mol. The second-order valence-corrected chi connectivity index (χ2v) is 4.45. The van der Waals surface area contributed by atoms with E-state index < -0.39 is 0 Å². The van der Waals surface area contributed by atoms with Crippen molar-refractivity contribution in [1.29, 1.82) is 0 Å². The fourth-order valence-corrected chi connectivity index (χ4v) is 1.62. The van der Waals surface area contributed by atoms with Crippen molar-refractivity contribution < 1.29 is 5.11 Å². The van der Waals surface area contributed by atoms with E-state index in [-0.39, 0.29) is 11.9 Å². The van der Waals surface area contributed by atoms with Gasteiger partial charge >= 0.3 is 0 Å². The molecule has 0 aliphatic carbocycles. The Morgan fingerprint density at radius 1 is 1.69 bits per heavy atom. The zero-order valence-electron chi connectivity index (χ0n) is 7.82. The molecule has 0 saturated carbocycles. The molecule has 1 aromatic heterocycles. The van der Waals surface area contributed by atoms with Crippen LogP contribution in [0.25, 0.3) is 0 Å². The van der Waals surface area contributed by atoms with Crippen LogP contribution in [0.5, 0.6) is 0 Å². The number of aliphatic hydroxyl groups excluding tert-OH is 1. The van der Waals surface area contributed by atoms with Crippen molar-refractivity contribution in [2.45, 2.75) is 24.1 Å².